The fraction of sp³-hybridized carbons (Fsp3) is 0.844. The van der Waals surface area contributed by atoms with Gasteiger partial charge >= 0.3 is 11.9 Å². The van der Waals surface area contributed by atoms with Gasteiger partial charge in [0.2, 0.25) is 11.7 Å². The van der Waals surface area contributed by atoms with Crippen LogP contribution in [0.25, 0.3) is 0 Å². The average molecular weight is 822 g/mol. The van der Waals surface area contributed by atoms with Crippen LogP contribution in [0.15, 0.2) is 23.8 Å². The molecule has 4 heterocycles. The largest absolute Gasteiger partial charge is 0.466 e. The predicted molar refractivity (Wildman–Crippen MR) is 218 cm³/mol. The Morgan fingerprint density at radius 2 is 1.55 bits per heavy atom. The van der Waals surface area contributed by atoms with Crippen LogP contribution in [-0.4, -0.2) is 108 Å². The van der Waals surface area contributed by atoms with Crippen LogP contribution >= 0.6 is 0 Å². The van der Waals surface area contributed by atoms with Gasteiger partial charge in [-0.15, -0.1) is 0 Å². The molecule has 0 aliphatic carbocycles. The smallest absolute Gasteiger partial charge is 0.330 e. The number of aliphatic hydroxyl groups excluding tert-OH is 2. The van der Waals surface area contributed by atoms with Gasteiger partial charge in [-0.05, 0) is 69.9 Å². The van der Waals surface area contributed by atoms with Crippen molar-refractivity contribution in [1.82, 2.24) is 5.32 Å². The van der Waals surface area contributed by atoms with Crippen LogP contribution in [0.5, 0.6) is 0 Å². The number of rotatable bonds is 15. The standard InChI is InChI=1S/C45H75NO12/c1-6-7-8-9-10-11-12-13-14-15-16-20-40(50)57-43-32(26-41(51)53-5)25-37-30-38(31(2)47)46-39(49)28-33(48)27-34-18-17-19-35(55-34)29-36-22-24-54-42(56-36)21-23-44(3,4)45(43,52)58-37/h21,23,26,31,33-38,42-43,47-48,52H,6-20,22,24-25,27-30H2,1-5H3,(H,46,49)/b23-21+,32-26+/t31-,33-,34?,35?,36?,37+,38?,42?,43+,45-/m1/s1. The number of hydrogen-bond acceptors (Lipinski definition) is 12. The highest BCUT2D eigenvalue weighted by atomic mass is 16.7. The molecule has 6 bridgehead atoms. The Balaban J connectivity index is 1.57. The van der Waals surface area contributed by atoms with Crippen LogP contribution in [0.2, 0.25) is 0 Å². The zero-order chi connectivity index (χ0) is 42.1. The highest BCUT2D eigenvalue weighted by molar-refractivity contribution is 5.83. The first-order valence-electron chi connectivity index (χ1n) is 22.4. The zero-order valence-corrected chi connectivity index (χ0v) is 36.0. The van der Waals surface area contributed by atoms with Gasteiger partial charge in [0.1, 0.15) is 0 Å². The molecule has 0 aromatic rings. The topological polar surface area (TPSA) is 179 Å². The molecular formula is C45H75NO12. The molecule has 0 radical (unpaired) electrons. The van der Waals surface area contributed by atoms with Crippen molar-refractivity contribution < 1.29 is 58.1 Å². The van der Waals surface area contributed by atoms with Gasteiger partial charge in [-0.25, -0.2) is 4.79 Å². The quantitative estimate of drug-likeness (QED) is 0.0601. The molecule has 58 heavy (non-hydrogen) atoms. The van der Waals surface area contributed by atoms with Gasteiger partial charge in [-0.2, -0.15) is 0 Å². The van der Waals surface area contributed by atoms with Crippen molar-refractivity contribution in [3.05, 3.63) is 23.8 Å². The van der Waals surface area contributed by atoms with Gasteiger partial charge in [0.15, 0.2) is 12.4 Å². The SMILES string of the molecule is CCCCCCCCCCCCCC(=O)O[C@H]1/C(=C/C(=O)OC)C[C@H]2CC([C@@H](C)O)NC(=O)C[C@H](O)CC3CCCC(CC4CCOC(/C=C/C(C)(C)[C@]1(O)O2)O4)O3. The molecule has 13 heteroatoms. The molecule has 3 saturated heterocycles. The van der Waals surface area contributed by atoms with E-state index in [1.165, 1.54) is 58.1 Å². The molecule has 4 rings (SSSR count). The Labute approximate surface area is 346 Å². The molecule has 4 aliphatic rings. The number of hydrogen-bond donors (Lipinski definition) is 4. The molecule has 0 aromatic carbocycles. The first-order chi connectivity index (χ1) is 27.7. The molecule has 0 saturated carbocycles. The summed E-state index contributed by atoms with van der Waals surface area (Å²) in [4.78, 5) is 39.7. The van der Waals surface area contributed by atoms with Gasteiger partial charge in [0.25, 0.3) is 0 Å². The minimum absolute atomic E-state index is 0.0312. The Hall–Kier alpha value is -2.39. The number of nitrogens with one attached hydrogen (secondary N) is 1. The van der Waals surface area contributed by atoms with E-state index in [-0.39, 0.29) is 49.6 Å². The number of unbranched alkanes of at least 4 members (excludes halogenated alkanes) is 10. The van der Waals surface area contributed by atoms with Crippen molar-refractivity contribution in [3.63, 3.8) is 0 Å². The maximum Gasteiger partial charge on any atom is 0.330 e. The van der Waals surface area contributed by atoms with Crippen molar-refractivity contribution in [1.29, 1.82) is 0 Å². The highest BCUT2D eigenvalue weighted by Gasteiger charge is 2.57. The molecule has 0 aromatic heterocycles. The first kappa shape index (κ1) is 48.3. The Bertz CT molecular complexity index is 1330. The Kier molecular flexibility index (Phi) is 20.1. The second-order valence-electron chi connectivity index (χ2n) is 17.7. The number of ether oxygens (including phenoxy) is 6. The van der Waals surface area contributed by atoms with Crippen molar-refractivity contribution in [2.45, 2.75) is 223 Å². The third-order valence-electron chi connectivity index (χ3n) is 12.2. The Morgan fingerprint density at radius 1 is 0.914 bits per heavy atom. The van der Waals surface area contributed by atoms with Gasteiger partial charge < -0.3 is 49.1 Å². The molecule has 13 nitrogen and oxygen atoms in total. The molecule has 3 fully saturated rings. The first-order valence-corrected chi connectivity index (χ1v) is 22.4. The van der Waals surface area contributed by atoms with E-state index in [0.29, 0.717) is 32.3 Å². The van der Waals surface area contributed by atoms with E-state index in [2.05, 4.69) is 12.2 Å². The third-order valence-corrected chi connectivity index (χ3v) is 12.2. The average Bonchev–Trinajstić information content (AvgIpc) is 3.17. The summed E-state index contributed by atoms with van der Waals surface area (Å²) >= 11 is 0. The summed E-state index contributed by atoms with van der Waals surface area (Å²) in [5.74, 6) is -3.91. The van der Waals surface area contributed by atoms with Crippen molar-refractivity contribution in [2.75, 3.05) is 13.7 Å². The van der Waals surface area contributed by atoms with Crippen molar-refractivity contribution in [2.24, 2.45) is 5.41 Å². The summed E-state index contributed by atoms with van der Waals surface area (Å²) in [5, 5.41) is 37.5. The second kappa shape index (κ2) is 24.2. The normalized spacial score (nSPS) is 34.0. The fourth-order valence-corrected chi connectivity index (χ4v) is 8.70. The number of carbonyl (C=O) groups is 3. The molecular weight excluding hydrogens is 746 g/mol. The maximum atomic E-state index is 13.6. The maximum absolute atomic E-state index is 13.6. The summed E-state index contributed by atoms with van der Waals surface area (Å²) < 4.78 is 36.4. The second-order valence-corrected chi connectivity index (χ2v) is 17.7. The number of esters is 2. The lowest BCUT2D eigenvalue weighted by molar-refractivity contribution is -0.326. The zero-order valence-electron chi connectivity index (χ0n) is 36.0. The number of amides is 1. The van der Waals surface area contributed by atoms with Gasteiger partial charge in [-0.1, -0.05) is 91.1 Å². The molecule has 332 valence electrons. The number of aliphatic hydroxyl groups is 3. The number of methoxy groups -OCH3 is 1. The lowest BCUT2D eigenvalue weighted by Crippen LogP contribution is -2.62. The van der Waals surface area contributed by atoms with E-state index in [4.69, 9.17) is 28.4 Å². The van der Waals surface area contributed by atoms with Crippen LogP contribution in [0.4, 0.5) is 0 Å². The monoisotopic (exact) mass is 822 g/mol. The van der Waals surface area contributed by atoms with E-state index >= 15 is 0 Å². The minimum Gasteiger partial charge on any atom is -0.466 e. The van der Waals surface area contributed by atoms with Gasteiger partial charge in [-0.3, -0.25) is 9.59 Å². The molecule has 4 N–H and O–H groups in total. The van der Waals surface area contributed by atoms with Crippen LogP contribution in [-0.2, 0) is 42.8 Å². The lowest BCUT2D eigenvalue weighted by atomic mass is 9.74. The summed E-state index contributed by atoms with van der Waals surface area (Å²) in [6, 6.07) is -0.839. The van der Waals surface area contributed by atoms with E-state index in [0.717, 1.165) is 38.5 Å². The highest BCUT2D eigenvalue weighted by Crippen LogP contribution is 2.47. The number of carbonyl (C=O) groups excluding carboxylic acids is 3. The number of fused-ring (bicyclic) bond motifs is 6. The molecule has 10 atom stereocenters. The summed E-state index contributed by atoms with van der Waals surface area (Å²) in [6.07, 6.45) is 16.0. The minimum atomic E-state index is -2.23. The third kappa shape index (κ3) is 15.3. The van der Waals surface area contributed by atoms with E-state index in [9.17, 15) is 29.7 Å². The van der Waals surface area contributed by atoms with Crippen LogP contribution in [0, 0.1) is 5.41 Å². The molecule has 1 amide bonds. The Morgan fingerprint density at radius 3 is 2.21 bits per heavy atom. The van der Waals surface area contributed by atoms with Crippen molar-refractivity contribution >= 4 is 17.8 Å². The summed E-state index contributed by atoms with van der Waals surface area (Å²) in [6.45, 7) is 7.70. The predicted octanol–water partition coefficient (Wildman–Crippen LogP) is 6.63. The molecule has 5 unspecified atom stereocenters. The van der Waals surface area contributed by atoms with E-state index < -0.39 is 65.8 Å². The molecule has 4 aliphatic heterocycles. The van der Waals surface area contributed by atoms with E-state index in [1.54, 1.807) is 32.9 Å². The lowest BCUT2D eigenvalue weighted by Gasteiger charge is -2.51. The van der Waals surface area contributed by atoms with Gasteiger partial charge in [0.05, 0.1) is 62.8 Å². The van der Waals surface area contributed by atoms with Crippen LogP contribution < -0.4 is 5.32 Å². The van der Waals surface area contributed by atoms with Crippen LogP contribution in [0.1, 0.15) is 163 Å². The van der Waals surface area contributed by atoms with E-state index in [1.807, 2.05) is 0 Å². The summed E-state index contributed by atoms with van der Waals surface area (Å²) in [5.41, 5.74) is -1.000. The van der Waals surface area contributed by atoms with Crippen LogP contribution in [0.3, 0.4) is 0 Å². The summed E-state index contributed by atoms with van der Waals surface area (Å²) in [7, 11) is 1.24. The van der Waals surface area contributed by atoms with Gasteiger partial charge in [0, 0.05) is 24.3 Å². The molecule has 0 spiro atoms. The van der Waals surface area contributed by atoms with Crippen molar-refractivity contribution in [3.8, 4) is 0 Å². The fourth-order valence-electron chi connectivity index (χ4n) is 8.70.